The van der Waals surface area contributed by atoms with Gasteiger partial charge in [-0.3, -0.25) is 9.20 Å². The molecular weight excluding hydrogens is 216 g/mol. The van der Waals surface area contributed by atoms with Crippen LogP contribution in [0.1, 0.15) is 12.0 Å². The zero-order valence-corrected chi connectivity index (χ0v) is 9.85. The zero-order valence-electron chi connectivity index (χ0n) is 9.85. The highest BCUT2D eigenvalue weighted by atomic mass is 16.5. The lowest BCUT2D eigenvalue weighted by molar-refractivity contribution is 0.312. The van der Waals surface area contributed by atoms with Crippen LogP contribution in [0.25, 0.3) is 5.52 Å². The maximum Gasteiger partial charge on any atom is 0.255 e. The van der Waals surface area contributed by atoms with Crippen LogP contribution < -0.4 is 16.0 Å². The topological polar surface area (TPSA) is 56.7 Å². The summed E-state index contributed by atoms with van der Waals surface area (Å²) in [6.45, 7) is 3.09. The minimum atomic E-state index is -0.0377. The average molecular weight is 232 g/mol. The Bertz CT molecular complexity index is 575. The van der Waals surface area contributed by atoms with E-state index in [2.05, 4.69) is 0 Å². The Kier molecular flexibility index (Phi) is 3.44. The molecule has 17 heavy (non-hydrogen) atoms. The van der Waals surface area contributed by atoms with Crippen molar-refractivity contribution in [2.24, 2.45) is 5.73 Å². The van der Waals surface area contributed by atoms with E-state index in [1.807, 2.05) is 25.1 Å². The van der Waals surface area contributed by atoms with Crippen LogP contribution in [-0.4, -0.2) is 17.6 Å². The van der Waals surface area contributed by atoms with Gasteiger partial charge < -0.3 is 10.5 Å². The molecule has 0 radical (unpaired) electrons. The third kappa shape index (κ3) is 2.65. The molecule has 4 heteroatoms. The molecule has 0 aliphatic rings. The zero-order chi connectivity index (χ0) is 12.3. The second-order valence-corrected chi connectivity index (χ2v) is 4.02. The van der Waals surface area contributed by atoms with Gasteiger partial charge in [0.05, 0.1) is 12.8 Å². The number of hydrogen-bond donors (Lipinski definition) is 1. The Labute approximate surface area is 99.6 Å². The van der Waals surface area contributed by atoms with Gasteiger partial charge in [0.2, 0.25) is 0 Å². The molecule has 0 saturated carbocycles. The fourth-order valence-corrected chi connectivity index (χ4v) is 1.70. The molecule has 0 atom stereocenters. The predicted molar refractivity (Wildman–Crippen MR) is 67.6 cm³/mol. The van der Waals surface area contributed by atoms with E-state index in [1.54, 1.807) is 16.7 Å². The summed E-state index contributed by atoms with van der Waals surface area (Å²) in [6, 6.07) is 7.32. The summed E-state index contributed by atoms with van der Waals surface area (Å²) in [5, 5.41) is 0. The van der Waals surface area contributed by atoms with Gasteiger partial charge in [-0.05, 0) is 43.7 Å². The second kappa shape index (κ2) is 5.01. The molecule has 0 spiro atoms. The van der Waals surface area contributed by atoms with Gasteiger partial charge in [0.25, 0.3) is 5.56 Å². The van der Waals surface area contributed by atoms with Gasteiger partial charge in [-0.25, -0.2) is 0 Å². The lowest BCUT2D eigenvalue weighted by Gasteiger charge is -2.07. The van der Waals surface area contributed by atoms with Gasteiger partial charge in [0.1, 0.15) is 5.75 Å². The number of fused-ring (bicyclic) bond motifs is 1. The first-order valence-electron chi connectivity index (χ1n) is 5.66. The summed E-state index contributed by atoms with van der Waals surface area (Å²) in [7, 11) is 0. The van der Waals surface area contributed by atoms with E-state index in [4.69, 9.17) is 10.5 Å². The van der Waals surface area contributed by atoms with E-state index >= 15 is 0 Å². The van der Waals surface area contributed by atoms with Gasteiger partial charge >= 0.3 is 0 Å². The van der Waals surface area contributed by atoms with Crippen molar-refractivity contribution in [3.8, 4) is 5.75 Å². The Balaban J connectivity index is 2.33. The maximum atomic E-state index is 11.8. The standard InChI is InChI=1S/C13H16N2O2/c1-10-7-11-3-4-12(17-6-2-5-14)9-15(11)13(16)8-10/h3-4,7-9H,2,5-6,14H2,1H3. The van der Waals surface area contributed by atoms with Gasteiger partial charge in [-0.15, -0.1) is 0 Å². The van der Waals surface area contributed by atoms with Gasteiger partial charge in [-0.2, -0.15) is 0 Å². The van der Waals surface area contributed by atoms with Crippen LogP contribution in [0.3, 0.4) is 0 Å². The highest BCUT2D eigenvalue weighted by molar-refractivity contribution is 5.50. The largest absolute Gasteiger partial charge is 0.492 e. The van der Waals surface area contributed by atoms with Crippen molar-refractivity contribution < 1.29 is 4.74 Å². The summed E-state index contributed by atoms with van der Waals surface area (Å²) in [6.07, 6.45) is 2.52. The number of pyridine rings is 2. The highest BCUT2D eigenvalue weighted by Crippen LogP contribution is 2.12. The molecule has 2 aromatic heterocycles. The van der Waals surface area contributed by atoms with Crippen LogP contribution in [-0.2, 0) is 0 Å². The lowest BCUT2D eigenvalue weighted by Crippen LogP contribution is -2.13. The molecule has 2 heterocycles. The van der Waals surface area contributed by atoms with Crippen LogP contribution >= 0.6 is 0 Å². The normalized spacial score (nSPS) is 10.7. The van der Waals surface area contributed by atoms with Gasteiger partial charge in [-0.1, -0.05) is 0 Å². The Hall–Kier alpha value is -1.81. The van der Waals surface area contributed by atoms with E-state index in [1.165, 1.54) is 0 Å². The van der Waals surface area contributed by atoms with Gasteiger partial charge in [0, 0.05) is 11.6 Å². The number of nitrogens with zero attached hydrogens (tertiary/aromatic N) is 1. The minimum absolute atomic E-state index is 0.0377. The van der Waals surface area contributed by atoms with Crippen molar-refractivity contribution in [1.82, 2.24) is 4.40 Å². The van der Waals surface area contributed by atoms with Crippen LogP contribution in [0.2, 0.25) is 0 Å². The van der Waals surface area contributed by atoms with E-state index in [9.17, 15) is 4.79 Å². The molecular formula is C13H16N2O2. The molecule has 0 amide bonds. The summed E-state index contributed by atoms with van der Waals surface area (Å²) < 4.78 is 7.09. The summed E-state index contributed by atoms with van der Waals surface area (Å²) in [5.41, 5.74) is 7.19. The van der Waals surface area contributed by atoms with Crippen molar-refractivity contribution in [1.29, 1.82) is 0 Å². The molecule has 0 fully saturated rings. The van der Waals surface area contributed by atoms with Crippen molar-refractivity contribution in [2.45, 2.75) is 13.3 Å². The third-order valence-corrected chi connectivity index (χ3v) is 2.53. The van der Waals surface area contributed by atoms with Crippen LogP contribution in [0.15, 0.2) is 35.3 Å². The maximum absolute atomic E-state index is 11.8. The Morgan fingerprint density at radius 2 is 2.18 bits per heavy atom. The fourth-order valence-electron chi connectivity index (χ4n) is 1.70. The summed E-state index contributed by atoms with van der Waals surface area (Å²) in [5.74, 6) is 0.692. The number of aromatic nitrogens is 1. The molecule has 4 nitrogen and oxygen atoms in total. The van der Waals surface area contributed by atoms with Crippen LogP contribution in [0.5, 0.6) is 5.75 Å². The lowest BCUT2D eigenvalue weighted by atomic mass is 10.2. The minimum Gasteiger partial charge on any atom is -0.492 e. The number of rotatable bonds is 4. The second-order valence-electron chi connectivity index (χ2n) is 4.02. The number of nitrogens with two attached hydrogens (primary N) is 1. The van der Waals surface area contributed by atoms with Crippen LogP contribution in [0.4, 0.5) is 0 Å². The van der Waals surface area contributed by atoms with Gasteiger partial charge in [0.15, 0.2) is 0 Å². The molecule has 0 saturated heterocycles. The van der Waals surface area contributed by atoms with E-state index in [-0.39, 0.29) is 5.56 Å². The van der Waals surface area contributed by atoms with Crippen molar-refractivity contribution in [3.63, 3.8) is 0 Å². The fraction of sp³-hybridized carbons (Fsp3) is 0.308. The van der Waals surface area contributed by atoms with E-state index < -0.39 is 0 Å². The van der Waals surface area contributed by atoms with Crippen molar-refractivity contribution >= 4 is 5.52 Å². The molecule has 90 valence electrons. The van der Waals surface area contributed by atoms with E-state index in [0.29, 0.717) is 18.9 Å². The smallest absolute Gasteiger partial charge is 0.255 e. The van der Waals surface area contributed by atoms with Crippen molar-refractivity contribution in [3.05, 3.63) is 46.4 Å². The van der Waals surface area contributed by atoms with Crippen LogP contribution in [0, 0.1) is 6.92 Å². The third-order valence-electron chi connectivity index (χ3n) is 2.53. The number of hydrogen-bond acceptors (Lipinski definition) is 3. The Morgan fingerprint density at radius 3 is 2.94 bits per heavy atom. The summed E-state index contributed by atoms with van der Waals surface area (Å²) in [4.78, 5) is 11.8. The quantitative estimate of drug-likeness (QED) is 0.809. The molecule has 2 aromatic rings. The average Bonchev–Trinajstić information content (AvgIpc) is 2.30. The molecule has 2 rings (SSSR count). The molecule has 0 aliphatic heterocycles. The molecule has 0 aliphatic carbocycles. The van der Waals surface area contributed by atoms with E-state index in [0.717, 1.165) is 17.5 Å². The monoisotopic (exact) mass is 232 g/mol. The highest BCUT2D eigenvalue weighted by Gasteiger charge is 2.00. The number of aryl methyl sites for hydroxylation is 1. The Morgan fingerprint density at radius 1 is 1.35 bits per heavy atom. The molecule has 0 aromatic carbocycles. The molecule has 2 N–H and O–H groups in total. The molecule has 0 bridgehead atoms. The van der Waals surface area contributed by atoms with Crippen molar-refractivity contribution in [2.75, 3.05) is 13.2 Å². The number of ether oxygens (including phenoxy) is 1. The first-order chi connectivity index (χ1) is 8.20. The SMILES string of the molecule is Cc1cc(=O)n2cc(OCCCN)ccc2c1. The first-order valence-corrected chi connectivity index (χ1v) is 5.66. The predicted octanol–water partition coefficient (Wildman–Crippen LogP) is 1.34. The summed E-state index contributed by atoms with van der Waals surface area (Å²) >= 11 is 0. The first kappa shape index (κ1) is 11.7. The molecule has 0 unspecified atom stereocenters.